The summed E-state index contributed by atoms with van der Waals surface area (Å²) in [4.78, 5) is 14.6. The van der Waals surface area contributed by atoms with Gasteiger partial charge in [-0.3, -0.25) is 4.79 Å². The van der Waals surface area contributed by atoms with E-state index in [4.69, 9.17) is 21.1 Å². The van der Waals surface area contributed by atoms with Crippen LogP contribution < -0.4 is 9.47 Å². The van der Waals surface area contributed by atoms with E-state index in [0.717, 1.165) is 34.0 Å². The van der Waals surface area contributed by atoms with Crippen LogP contribution in [-0.4, -0.2) is 57.4 Å². The molecule has 0 saturated carbocycles. The second-order valence-corrected chi connectivity index (χ2v) is 11.0. The Morgan fingerprint density at radius 2 is 1.87 bits per heavy atom. The Morgan fingerprint density at radius 3 is 2.45 bits per heavy atom. The molecule has 1 heterocycles. The number of benzene rings is 1. The molecule has 7 nitrogen and oxygen atoms in total. The van der Waals surface area contributed by atoms with E-state index in [1.807, 2.05) is 32.0 Å². The summed E-state index contributed by atoms with van der Waals surface area (Å²) in [6.45, 7) is 5.18. The van der Waals surface area contributed by atoms with Gasteiger partial charge in [0.05, 0.1) is 24.6 Å². The van der Waals surface area contributed by atoms with Crippen molar-refractivity contribution in [2.75, 3.05) is 33.9 Å². The summed E-state index contributed by atoms with van der Waals surface area (Å²) < 4.78 is 38.1. The third kappa shape index (κ3) is 6.83. The molecule has 0 aliphatic rings. The molecule has 0 aliphatic heterocycles. The van der Waals surface area contributed by atoms with Crippen LogP contribution >= 0.6 is 22.9 Å². The van der Waals surface area contributed by atoms with Gasteiger partial charge in [-0.05, 0) is 42.7 Å². The van der Waals surface area contributed by atoms with Gasteiger partial charge in [0.2, 0.25) is 5.91 Å². The third-order valence-corrected chi connectivity index (χ3v) is 7.98. The number of halogens is 1. The Hall–Kier alpha value is -1.81. The molecule has 0 N–H and O–H groups in total. The summed E-state index contributed by atoms with van der Waals surface area (Å²) in [5.41, 5.74) is 0.873. The van der Waals surface area contributed by atoms with E-state index in [2.05, 4.69) is 0 Å². The summed E-state index contributed by atoms with van der Waals surface area (Å²) in [7, 11) is -0.807. The molecule has 1 amide bonds. The highest BCUT2D eigenvalue weighted by molar-refractivity contribution is 7.91. The minimum absolute atomic E-state index is 0.113. The van der Waals surface area contributed by atoms with E-state index in [9.17, 15) is 13.2 Å². The number of likely N-dealkylation sites (N-methyl/N-ethyl adjacent to an activating group) is 1. The quantitative estimate of drug-likeness (QED) is 0.446. The molecule has 10 heteroatoms. The standard InChI is InChI=1S/C21H29ClN2O5S2/c1-5-11-24(14-16-7-8-17(29-12-6-2)18(13-16)28-4)20(25)15-23(3)31(26,27)21-10-9-19(22)30-21/h7-10,13H,5-6,11-12,14-15H2,1-4H3. The lowest BCUT2D eigenvalue weighted by Crippen LogP contribution is -2.41. The minimum atomic E-state index is -3.78. The predicted octanol–water partition coefficient (Wildman–Crippen LogP) is 4.26. The molecule has 0 bridgehead atoms. The van der Waals surface area contributed by atoms with Gasteiger partial charge in [-0.1, -0.05) is 31.5 Å². The van der Waals surface area contributed by atoms with E-state index in [1.54, 1.807) is 12.0 Å². The average Bonchev–Trinajstić information content (AvgIpc) is 3.19. The van der Waals surface area contributed by atoms with E-state index in [-0.39, 0.29) is 16.7 Å². The number of amides is 1. The summed E-state index contributed by atoms with van der Waals surface area (Å²) >= 11 is 6.83. The fourth-order valence-corrected chi connectivity index (χ4v) is 5.70. The van der Waals surface area contributed by atoms with Crippen LogP contribution in [-0.2, 0) is 21.4 Å². The molecule has 0 aliphatic carbocycles. The highest BCUT2D eigenvalue weighted by Gasteiger charge is 2.26. The van der Waals surface area contributed by atoms with E-state index < -0.39 is 10.0 Å². The van der Waals surface area contributed by atoms with Crippen LogP contribution in [0.25, 0.3) is 0 Å². The molecule has 2 aromatic rings. The topological polar surface area (TPSA) is 76.2 Å². The first kappa shape index (κ1) is 25.5. The molecule has 0 atom stereocenters. The second-order valence-electron chi connectivity index (χ2n) is 6.97. The lowest BCUT2D eigenvalue weighted by atomic mass is 10.1. The Labute approximate surface area is 193 Å². The predicted molar refractivity (Wildman–Crippen MR) is 124 cm³/mol. The third-order valence-electron chi connectivity index (χ3n) is 4.48. The van der Waals surface area contributed by atoms with E-state index in [0.29, 0.717) is 35.5 Å². The number of rotatable bonds is 12. The minimum Gasteiger partial charge on any atom is -0.493 e. The first-order chi connectivity index (χ1) is 14.7. The van der Waals surface area contributed by atoms with Crippen molar-refractivity contribution in [2.45, 2.75) is 37.4 Å². The molecule has 1 aromatic heterocycles. The van der Waals surface area contributed by atoms with Crippen molar-refractivity contribution < 1.29 is 22.7 Å². The molecule has 1 aromatic carbocycles. The first-order valence-corrected chi connectivity index (χ1v) is 12.7. The lowest BCUT2D eigenvalue weighted by molar-refractivity contribution is -0.131. The lowest BCUT2D eigenvalue weighted by Gasteiger charge is -2.25. The molecule has 0 spiro atoms. The van der Waals surface area contributed by atoms with Crippen LogP contribution in [0.4, 0.5) is 0 Å². The van der Waals surface area contributed by atoms with Crippen molar-refractivity contribution in [3.63, 3.8) is 0 Å². The zero-order valence-corrected chi connectivity index (χ0v) is 20.6. The Kier molecular flexibility index (Phi) is 9.61. The fraction of sp³-hybridized carbons (Fsp3) is 0.476. The van der Waals surface area contributed by atoms with Crippen molar-refractivity contribution in [1.29, 1.82) is 0 Å². The zero-order chi connectivity index (χ0) is 23.0. The summed E-state index contributed by atoms with van der Waals surface area (Å²) in [6, 6.07) is 8.53. The highest BCUT2D eigenvalue weighted by atomic mass is 35.5. The summed E-state index contributed by atoms with van der Waals surface area (Å²) in [5, 5.41) is 0. The van der Waals surface area contributed by atoms with Crippen molar-refractivity contribution >= 4 is 38.9 Å². The normalized spacial score (nSPS) is 11.5. The van der Waals surface area contributed by atoms with Gasteiger partial charge >= 0.3 is 0 Å². The summed E-state index contributed by atoms with van der Waals surface area (Å²) in [6.07, 6.45) is 1.63. The maximum atomic E-state index is 12.9. The monoisotopic (exact) mass is 488 g/mol. The molecule has 2 rings (SSSR count). The highest BCUT2D eigenvalue weighted by Crippen LogP contribution is 2.29. The van der Waals surface area contributed by atoms with Crippen LogP contribution in [0, 0.1) is 0 Å². The van der Waals surface area contributed by atoms with Crippen molar-refractivity contribution in [1.82, 2.24) is 9.21 Å². The van der Waals surface area contributed by atoms with E-state index >= 15 is 0 Å². The smallest absolute Gasteiger partial charge is 0.252 e. The molecule has 31 heavy (non-hydrogen) atoms. The zero-order valence-electron chi connectivity index (χ0n) is 18.3. The molecule has 0 radical (unpaired) electrons. The SMILES string of the molecule is CCCOc1ccc(CN(CCC)C(=O)CN(C)S(=O)(=O)c2ccc(Cl)s2)cc1OC. The van der Waals surface area contributed by atoms with Crippen LogP contribution in [0.1, 0.15) is 32.3 Å². The number of hydrogen-bond acceptors (Lipinski definition) is 6. The van der Waals surface area contributed by atoms with Crippen LogP contribution in [0.15, 0.2) is 34.5 Å². The van der Waals surface area contributed by atoms with E-state index in [1.165, 1.54) is 19.2 Å². The second kappa shape index (κ2) is 11.7. The Balaban J connectivity index is 2.13. The number of nitrogens with zero attached hydrogens (tertiary/aromatic N) is 2. The Bertz CT molecular complexity index is 978. The van der Waals surface area contributed by atoms with Crippen molar-refractivity contribution in [3.05, 3.63) is 40.2 Å². The van der Waals surface area contributed by atoms with Gasteiger partial charge in [-0.25, -0.2) is 8.42 Å². The van der Waals surface area contributed by atoms with Gasteiger partial charge in [0.15, 0.2) is 11.5 Å². The molecule has 0 fully saturated rings. The number of carbonyl (C=O) groups is 1. The van der Waals surface area contributed by atoms with Crippen LogP contribution in [0.3, 0.4) is 0 Å². The number of carbonyl (C=O) groups excluding carboxylic acids is 1. The molecule has 0 saturated heterocycles. The fourth-order valence-electron chi connectivity index (χ4n) is 2.89. The van der Waals surface area contributed by atoms with Gasteiger partial charge in [0, 0.05) is 20.1 Å². The maximum absolute atomic E-state index is 12.9. The Morgan fingerprint density at radius 1 is 1.13 bits per heavy atom. The maximum Gasteiger partial charge on any atom is 0.252 e. The average molecular weight is 489 g/mol. The number of thiophene rings is 1. The van der Waals surface area contributed by atoms with Crippen LogP contribution in [0.2, 0.25) is 4.34 Å². The van der Waals surface area contributed by atoms with Crippen LogP contribution in [0.5, 0.6) is 11.5 Å². The number of sulfonamides is 1. The van der Waals surface area contributed by atoms with Gasteiger partial charge in [-0.2, -0.15) is 4.31 Å². The van der Waals surface area contributed by atoms with Crippen molar-refractivity contribution in [3.8, 4) is 11.5 Å². The van der Waals surface area contributed by atoms with Gasteiger partial charge in [-0.15, -0.1) is 11.3 Å². The number of ether oxygens (including phenoxy) is 2. The molecular formula is C21H29ClN2O5S2. The molecule has 0 unspecified atom stereocenters. The number of hydrogen-bond donors (Lipinski definition) is 0. The molecule has 172 valence electrons. The largest absolute Gasteiger partial charge is 0.493 e. The van der Waals surface area contributed by atoms with Gasteiger partial charge < -0.3 is 14.4 Å². The molecular weight excluding hydrogens is 460 g/mol. The summed E-state index contributed by atoms with van der Waals surface area (Å²) in [5.74, 6) is 0.979. The van der Waals surface area contributed by atoms with Gasteiger partial charge in [0.1, 0.15) is 4.21 Å². The number of methoxy groups -OCH3 is 1. The van der Waals surface area contributed by atoms with Gasteiger partial charge in [0.25, 0.3) is 10.0 Å². The van der Waals surface area contributed by atoms with Crippen molar-refractivity contribution in [2.24, 2.45) is 0 Å². The first-order valence-electron chi connectivity index (χ1n) is 10.0.